The maximum Gasteiger partial charge on any atom is 0.257 e. The van der Waals surface area contributed by atoms with Crippen LogP contribution in [0.15, 0.2) is 53.5 Å². The van der Waals surface area contributed by atoms with Gasteiger partial charge in [-0.1, -0.05) is 30.3 Å². The Bertz CT molecular complexity index is 1050. The van der Waals surface area contributed by atoms with Crippen LogP contribution in [0.25, 0.3) is 10.9 Å². The molecular weight excluding hydrogens is 328 g/mol. The summed E-state index contributed by atoms with van der Waals surface area (Å²) in [5.74, 6) is 0.352. The number of benzene rings is 2. The Morgan fingerprint density at radius 2 is 2.04 bits per heavy atom. The smallest absolute Gasteiger partial charge is 0.257 e. The second-order valence-electron chi connectivity index (χ2n) is 6.48. The molecule has 5 nitrogen and oxygen atoms in total. The number of aromatic nitrogens is 1. The van der Waals surface area contributed by atoms with Crippen LogP contribution in [0, 0.1) is 0 Å². The molecule has 1 N–H and O–H groups in total. The Morgan fingerprint density at radius 3 is 2.88 bits per heavy atom. The second kappa shape index (κ2) is 6.67. The molecule has 0 saturated heterocycles. The van der Waals surface area contributed by atoms with Crippen LogP contribution in [0.2, 0.25) is 0 Å². The number of para-hydroxylation sites is 2. The summed E-state index contributed by atoms with van der Waals surface area (Å²) in [6.07, 6.45) is 3.68. The molecule has 0 radical (unpaired) electrons. The van der Waals surface area contributed by atoms with Crippen molar-refractivity contribution in [2.24, 2.45) is 0 Å². The Labute approximate surface area is 151 Å². The summed E-state index contributed by atoms with van der Waals surface area (Å²) < 4.78 is 7.34. The molecule has 26 heavy (non-hydrogen) atoms. The summed E-state index contributed by atoms with van der Waals surface area (Å²) in [6, 6.07) is 13.3. The lowest BCUT2D eigenvalue weighted by Gasteiger charge is -2.20. The van der Waals surface area contributed by atoms with Gasteiger partial charge in [0.1, 0.15) is 11.3 Å². The molecule has 3 aromatic rings. The number of hydrogen-bond acceptors (Lipinski definition) is 3. The van der Waals surface area contributed by atoms with Gasteiger partial charge < -0.3 is 14.6 Å². The van der Waals surface area contributed by atoms with Crippen molar-refractivity contribution in [1.82, 2.24) is 9.88 Å². The lowest BCUT2D eigenvalue weighted by atomic mass is 9.99. The number of methoxy groups -OCH3 is 1. The number of aryl methyl sites for hydroxylation is 2. The van der Waals surface area contributed by atoms with E-state index in [1.54, 1.807) is 19.4 Å². The van der Waals surface area contributed by atoms with Crippen molar-refractivity contribution in [3.63, 3.8) is 0 Å². The average molecular weight is 348 g/mol. The molecule has 0 atom stereocenters. The van der Waals surface area contributed by atoms with Gasteiger partial charge in [0, 0.05) is 30.2 Å². The highest BCUT2D eigenvalue weighted by Gasteiger charge is 2.19. The third-order valence-corrected chi connectivity index (χ3v) is 4.90. The van der Waals surface area contributed by atoms with Crippen LogP contribution in [0.4, 0.5) is 0 Å². The van der Waals surface area contributed by atoms with E-state index in [2.05, 4.69) is 11.4 Å². The van der Waals surface area contributed by atoms with Gasteiger partial charge in [0.2, 0.25) is 5.43 Å². The van der Waals surface area contributed by atoms with Crippen LogP contribution in [0.1, 0.15) is 27.9 Å². The topological polar surface area (TPSA) is 60.3 Å². The zero-order chi connectivity index (χ0) is 18.1. The van der Waals surface area contributed by atoms with Crippen LogP contribution in [0.5, 0.6) is 5.75 Å². The van der Waals surface area contributed by atoms with Gasteiger partial charge in [0.15, 0.2) is 0 Å². The van der Waals surface area contributed by atoms with Crippen molar-refractivity contribution in [3.8, 4) is 5.75 Å². The highest BCUT2D eigenvalue weighted by atomic mass is 16.5. The first-order chi connectivity index (χ1) is 12.7. The third kappa shape index (κ3) is 2.75. The zero-order valence-electron chi connectivity index (χ0n) is 14.6. The van der Waals surface area contributed by atoms with Crippen LogP contribution >= 0.6 is 0 Å². The Morgan fingerprint density at radius 1 is 1.19 bits per heavy atom. The number of nitrogens with zero attached hydrogens (tertiary/aromatic N) is 1. The number of rotatable bonds is 4. The molecule has 1 aliphatic heterocycles. The fourth-order valence-electron chi connectivity index (χ4n) is 3.64. The molecule has 2 aromatic carbocycles. The van der Waals surface area contributed by atoms with Gasteiger partial charge in [0.05, 0.1) is 12.6 Å². The fourth-order valence-corrected chi connectivity index (χ4v) is 3.64. The molecule has 0 saturated carbocycles. The number of carbonyl (C=O) groups is 1. The molecule has 0 unspecified atom stereocenters. The van der Waals surface area contributed by atoms with Crippen molar-refractivity contribution in [1.29, 1.82) is 0 Å². The van der Waals surface area contributed by atoms with Crippen LogP contribution in [-0.4, -0.2) is 17.6 Å². The van der Waals surface area contributed by atoms with E-state index in [4.69, 9.17) is 4.74 Å². The normalized spacial score (nSPS) is 12.8. The number of carbonyl (C=O) groups excluding carboxylic acids is 1. The highest BCUT2D eigenvalue weighted by Crippen LogP contribution is 2.23. The average Bonchev–Trinajstić information content (AvgIpc) is 2.69. The lowest BCUT2D eigenvalue weighted by molar-refractivity contribution is 0.0949. The van der Waals surface area contributed by atoms with E-state index < -0.39 is 0 Å². The molecule has 5 heteroatoms. The number of amides is 1. The minimum atomic E-state index is -0.359. The van der Waals surface area contributed by atoms with E-state index in [-0.39, 0.29) is 16.9 Å². The number of pyridine rings is 1. The van der Waals surface area contributed by atoms with Crippen LogP contribution < -0.4 is 15.5 Å². The van der Waals surface area contributed by atoms with Crippen molar-refractivity contribution >= 4 is 16.8 Å². The fraction of sp³-hybridized carbons (Fsp3) is 0.238. The van der Waals surface area contributed by atoms with Gasteiger partial charge in [0.25, 0.3) is 5.91 Å². The first kappa shape index (κ1) is 16.4. The maximum atomic E-state index is 12.8. The largest absolute Gasteiger partial charge is 0.496 e. The van der Waals surface area contributed by atoms with E-state index in [9.17, 15) is 9.59 Å². The number of nitrogens with one attached hydrogen (secondary N) is 1. The predicted molar refractivity (Wildman–Crippen MR) is 101 cm³/mol. The number of hydrogen-bond donors (Lipinski definition) is 1. The lowest BCUT2D eigenvalue weighted by Crippen LogP contribution is -2.30. The van der Waals surface area contributed by atoms with Gasteiger partial charge in [-0.05, 0) is 30.5 Å². The molecule has 0 fully saturated rings. The van der Waals surface area contributed by atoms with E-state index in [0.717, 1.165) is 30.5 Å². The van der Waals surface area contributed by atoms with E-state index in [1.807, 2.05) is 34.9 Å². The van der Waals surface area contributed by atoms with Gasteiger partial charge in [-0.15, -0.1) is 0 Å². The van der Waals surface area contributed by atoms with Crippen molar-refractivity contribution in [2.75, 3.05) is 7.11 Å². The highest BCUT2D eigenvalue weighted by molar-refractivity contribution is 5.97. The number of ether oxygens (including phenoxy) is 1. The molecule has 0 spiro atoms. The van der Waals surface area contributed by atoms with Crippen molar-refractivity contribution in [3.05, 3.63) is 75.6 Å². The molecule has 1 aromatic heterocycles. The minimum Gasteiger partial charge on any atom is -0.496 e. The third-order valence-electron chi connectivity index (χ3n) is 4.90. The Kier molecular flexibility index (Phi) is 4.21. The molecule has 0 aliphatic carbocycles. The molecule has 1 aliphatic rings. The van der Waals surface area contributed by atoms with E-state index >= 15 is 0 Å². The molecule has 132 valence electrons. The summed E-state index contributed by atoms with van der Waals surface area (Å²) in [7, 11) is 1.60. The summed E-state index contributed by atoms with van der Waals surface area (Å²) >= 11 is 0. The van der Waals surface area contributed by atoms with Crippen molar-refractivity contribution < 1.29 is 9.53 Å². The molecular formula is C21H20N2O3. The van der Waals surface area contributed by atoms with E-state index in [0.29, 0.717) is 17.7 Å². The van der Waals surface area contributed by atoms with Crippen LogP contribution in [0.3, 0.4) is 0 Å². The van der Waals surface area contributed by atoms with Crippen molar-refractivity contribution in [2.45, 2.75) is 25.9 Å². The molecule has 0 bridgehead atoms. The first-order valence-electron chi connectivity index (χ1n) is 8.74. The van der Waals surface area contributed by atoms with Gasteiger partial charge >= 0.3 is 0 Å². The van der Waals surface area contributed by atoms with Gasteiger partial charge in [-0.3, -0.25) is 9.59 Å². The summed E-state index contributed by atoms with van der Waals surface area (Å²) in [6.45, 7) is 1.13. The molecule has 4 rings (SSSR count). The summed E-state index contributed by atoms with van der Waals surface area (Å²) in [4.78, 5) is 25.5. The van der Waals surface area contributed by atoms with Crippen LogP contribution in [-0.2, 0) is 19.5 Å². The zero-order valence-corrected chi connectivity index (χ0v) is 14.6. The standard InChI is InChI=1S/C21H20N2O3/c1-26-18-10-3-2-6-15(18)12-22-21(25)17-13-23-11-5-8-14-7-4-9-16(19(14)23)20(17)24/h2-4,6-7,9-10,13H,5,8,11-12H2,1H3,(H,22,25). The predicted octanol–water partition coefficient (Wildman–Crippen LogP) is 2.89. The summed E-state index contributed by atoms with van der Waals surface area (Å²) in [5, 5.41) is 3.46. The molecule has 2 heterocycles. The second-order valence-corrected chi connectivity index (χ2v) is 6.48. The monoisotopic (exact) mass is 348 g/mol. The SMILES string of the molecule is COc1ccccc1CNC(=O)c1cn2c3c(cccc3c1=O)CCC2. The molecule has 1 amide bonds. The summed E-state index contributed by atoms with van der Waals surface area (Å²) in [5.41, 5.74) is 2.98. The Hall–Kier alpha value is -3.08. The quantitative estimate of drug-likeness (QED) is 0.789. The first-order valence-corrected chi connectivity index (χ1v) is 8.74. The van der Waals surface area contributed by atoms with E-state index in [1.165, 1.54) is 5.56 Å². The maximum absolute atomic E-state index is 12.8. The van der Waals surface area contributed by atoms with Gasteiger partial charge in [-0.2, -0.15) is 0 Å². The van der Waals surface area contributed by atoms with Gasteiger partial charge in [-0.25, -0.2) is 0 Å². The minimum absolute atomic E-state index is 0.187. The Balaban J connectivity index is 1.68.